The van der Waals surface area contributed by atoms with Gasteiger partial charge in [0.1, 0.15) is 0 Å². The standard InChI is InChI=1S/C15H28N2/c1-12(2)14-4-3-8-17(9-7-14)11-13-5-6-15(16)10-13/h5-6,12-15H,3-4,7-11,16H2,1-2H3. The number of nitrogens with zero attached hydrogens (tertiary/aromatic N) is 1. The average molecular weight is 236 g/mol. The van der Waals surface area contributed by atoms with Crippen molar-refractivity contribution in [1.29, 1.82) is 0 Å². The zero-order valence-corrected chi connectivity index (χ0v) is 11.4. The Morgan fingerprint density at radius 1 is 1.24 bits per heavy atom. The second-order valence-corrected chi connectivity index (χ2v) is 6.28. The molecule has 0 spiro atoms. The van der Waals surface area contributed by atoms with Crippen LogP contribution in [0.5, 0.6) is 0 Å². The predicted molar refractivity (Wildman–Crippen MR) is 73.8 cm³/mol. The molecule has 2 rings (SSSR count). The van der Waals surface area contributed by atoms with Crippen LogP contribution in [0, 0.1) is 17.8 Å². The number of likely N-dealkylation sites (tertiary alicyclic amines) is 1. The third-order valence-electron chi connectivity index (χ3n) is 4.51. The van der Waals surface area contributed by atoms with Gasteiger partial charge in [0.2, 0.25) is 0 Å². The molecule has 0 amide bonds. The van der Waals surface area contributed by atoms with Crippen molar-refractivity contribution >= 4 is 0 Å². The third kappa shape index (κ3) is 3.82. The summed E-state index contributed by atoms with van der Waals surface area (Å²) in [6.45, 7) is 8.57. The molecule has 2 heteroatoms. The number of hydrogen-bond donors (Lipinski definition) is 1. The van der Waals surface area contributed by atoms with Gasteiger partial charge in [0.15, 0.2) is 0 Å². The Morgan fingerprint density at radius 3 is 2.71 bits per heavy atom. The molecular formula is C15H28N2. The van der Waals surface area contributed by atoms with Crippen LogP contribution in [0.4, 0.5) is 0 Å². The highest BCUT2D eigenvalue weighted by Crippen LogP contribution is 2.26. The van der Waals surface area contributed by atoms with Gasteiger partial charge in [0.05, 0.1) is 0 Å². The molecule has 17 heavy (non-hydrogen) atoms. The summed E-state index contributed by atoms with van der Waals surface area (Å²) in [5, 5.41) is 0. The Labute approximate surface area is 106 Å². The molecule has 0 radical (unpaired) electrons. The van der Waals surface area contributed by atoms with Crippen LogP contribution in [0.3, 0.4) is 0 Å². The van der Waals surface area contributed by atoms with Gasteiger partial charge in [-0.3, -0.25) is 0 Å². The minimum absolute atomic E-state index is 0.315. The van der Waals surface area contributed by atoms with Crippen molar-refractivity contribution in [1.82, 2.24) is 4.90 Å². The van der Waals surface area contributed by atoms with Gasteiger partial charge in [-0.15, -0.1) is 0 Å². The summed E-state index contributed by atoms with van der Waals surface area (Å²) in [5.41, 5.74) is 5.92. The topological polar surface area (TPSA) is 29.3 Å². The van der Waals surface area contributed by atoms with E-state index in [0.29, 0.717) is 12.0 Å². The Bertz CT molecular complexity index is 260. The van der Waals surface area contributed by atoms with E-state index in [1.165, 1.54) is 38.9 Å². The molecule has 3 atom stereocenters. The van der Waals surface area contributed by atoms with Gasteiger partial charge in [-0.25, -0.2) is 0 Å². The predicted octanol–water partition coefficient (Wildman–Crippen LogP) is 2.65. The summed E-state index contributed by atoms with van der Waals surface area (Å²) in [6.07, 6.45) is 9.86. The van der Waals surface area contributed by atoms with Crippen LogP contribution >= 0.6 is 0 Å². The molecule has 1 saturated heterocycles. The minimum atomic E-state index is 0.315. The van der Waals surface area contributed by atoms with Crippen LogP contribution in [0.15, 0.2) is 12.2 Å². The van der Waals surface area contributed by atoms with Crippen LogP contribution in [0.1, 0.15) is 39.5 Å². The van der Waals surface area contributed by atoms with E-state index >= 15 is 0 Å². The molecule has 2 aliphatic rings. The molecular weight excluding hydrogens is 208 g/mol. The summed E-state index contributed by atoms with van der Waals surface area (Å²) in [6, 6.07) is 0.315. The third-order valence-corrected chi connectivity index (χ3v) is 4.51. The van der Waals surface area contributed by atoms with E-state index in [4.69, 9.17) is 5.73 Å². The normalized spacial score (nSPS) is 35.4. The number of nitrogens with two attached hydrogens (primary N) is 1. The first kappa shape index (κ1) is 13.1. The molecule has 2 nitrogen and oxygen atoms in total. The van der Waals surface area contributed by atoms with Gasteiger partial charge in [0.25, 0.3) is 0 Å². The highest BCUT2D eigenvalue weighted by molar-refractivity contribution is 5.05. The molecule has 0 aromatic heterocycles. The van der Waals surface area contributed by atoms with E-state index in [2.05, 4.69) is 30.9 Å². The van der Waals surface area contributed by atoms with E-state index in [1.807, 2.05) is 0 Å². The summed E-state index contributed by atoms with van der Waals surface area (Å²) < 4.78 is 0. The van der Waals surface area contributed by atoms with Crippen LogP contribution < -0.4 is 5.73 Å². The maximum atomic E-state index is 5.92. The fraction of sp³-hybridized carbons (Fsp3) is 0.867. The molecule has 1 aliphatic heterocycles. The van der Waals surface area contributed by atoms with Gasteiger partial charge < -0.3 is 10.6 Å². The van der Waals surface area contributed by atoms with E-state index < -0.39 is 0 Å². The SMILES string of the molecule is CC(C)C1CCCN(CC2C=CC(N)C2)CC1. The summed E-state index contributed by atoms with van der Waals surface area (Å²) in [7, 11) is 0. The molecule has 0 saturated carbocycles. The summed E-state index contributed by atoms with van der Waals surface area (Å²) >= 11 is 0. The van der Waals surface area contributed by atoms with E-state index in [-0.39, 0.29) is 0 Å². The lowest BCUT2D eigenvalue weighted by Crippen LogP contribution is -2.30. The van der Waals surface area contributed by atoms with Crippen molar-refractivity contribution in [3.8, 4) is 0 Å². The first-order chi connectivity index (χ1) is 8.15. The fourth-order valence-electron chi connectivity index (χ4n) is 3.30. The van der Waals surface area contributed by atoms with Gasteiger partial charge in [-0.2, -0.15) is 0 Å². The minimum Gasteiger partial charge on any atom is -0.324 e. The number of rotatable bonds is 3. The highest BCUT2D eigenvalue weighted by Gasteiger charge is 2.22. The highest BCUT2D eigenvalue weighted by atomic mass is 15.1. The maximum Gasteiger partial charge on any atom is 0.0229 e. The molecule has 98 valence electrons. The quantitative estimate of drug-likeness (QED) is 0.763. The molecule has 1 aliphatic carbocycles. The lowest BCUT2D eigenvalue weighted by atomic mass is 9.89. The van der Waals surface area contributed by atoms with Crippen LogP contribution in [0.2, 0.25) is 0 Å². The van der Waals surface area contributed by atoms with Crippen LogP contribution in [-0.4, -0.2) is 30.6 Å². The van der Waals surface area contributed by atoms with Crippen molar-refractivity contribution in [3.63, 3.8) is 0 Å². The molecule has 1 heterocycles. The zero-order valence-electron chi connectivity index (χ0n) is 11.4. The van der Waals surface area contributed by atoms with Gasteiger partial charge in [-0.1, -0.05) is 26.0 Å². The van der Waals surface area contributed by atoms with E-state index in [0.717, 1.165) is 18.3 Å². The lowest BCUT2D eigenvalue weighted by molar-refractivity contribution is 0.246. The summed E-state index contributed by atoms with van der Waals surface area (Å²) in [4.78, 5) is 2.66. The van der Waals surface area contributed by atoms with Crippen molar-refractivity contribution < 1.29 is 0 Å². The van der Waals surface area contributed by atoms with Crippen molar-refractivity contribution in [2.45, 2.75) is 45.6 Å². The average Bonchev–Trinajstić information content (AvgIpc) is 2.54. The Morgan fingerprint density at radius 2 is 2.06 bits per heavy atom. The Hall–Kier alpha value is -0.340. The monoisotopic (exact) mass is 236 g/mol. The first-order valence-electron chi connectivity index (χ1n) is 7.31. The maximum absolute atomic E-state index is 5.92. The fourth-order valence-corrected chi connectivity index (χ4v) is 3.30. The van der Waals surface area contributed by atoms with Crippen LogP contribution in [0.25, 0.3) is 0 Å². The molecule has 2 N–H and O–H groups in total. The van der Waals surface area contributed by atoms with Gasteiger partial charge in [0, 0.05) is 12.6 Å². The molecule has 0 aromatic carbocycles. The van der Waals surface area contributed by atoms with Gasteiger partial charge in [-0.05, 0) is 56.5 Å². The Kier molecular flexibility index (Phi) is 4.63. The second kappa shape index (κ2) is 6.01. The van der Waals surface area contributed by atoms with Gasteiger partial charge >= 0.3 is 0 Å². The van der Waals surface area contributed by atoms with E-state index in [9.17, 15) is 0 Å². The zero-order chi connectivity index (χ0) is 12.3. The van der Waals surface area contributed by atoms with Crippen LogP contribution in [-0.2, 0) is 0 Å². The smallest absolute Gasteiger partial charge is 0.0229 e. The van der Waals surface area contributed by atoms with Crippen molar-refractivity contribution in [3.05, 3.63) is 12.2 Å². The largest absolute Gasteiger partial charge is 0.324 e. The Balaban J connectivity index is 1.77. The number of hydrogen-bond acceptors (Lipinski definition) is 2. The van der Waals surface area contributed by atoms with E-state index in [1.54, 1.807) is 0 Å². The molecule has 0 bridgehead atoms. The first-order valence-corrected chi connectivity index (χ1v) is 7.31. The lowest BCUT2D eigenvalue weighted by Gasteiger charge is -2.24. The molecule has 1 fully saturated rings. The second-order valence-electron chi connectivity index (χ2n) is 6.28. The van der Waals surface area contributed by atoms with Crippen molar-refractivity contribution in [2.24, 2.45) is 23.5 Å². The molecule has 3 unspecified atom stereocenters. The molecule has 0 aromatic rings. The van der Waals surface area contributed by atoms with Crippen molar-refractivity contribution in [2.75, 3.05) is 19.6 Å². The summed E-state index contributed by atoms with van der Waals surface area (Å²) in [5.74, 6) is 2.51.